The Morgan fingerprint density at radius 2 is 1.73 bits per heavy atom. The van der Waals surface area contributed by atoms with E-state index in [0.29, 0.717) is 35.0 Å². The Hall–Kier alpha value is -2.56. The van der Waals surface area contributed by atoms with E-state index in [2.05, 4.69) is 13.8 Å². The van der Waals surface area contributed by atoms with Crippen LogP contribution in [0.15, 0.2) is 24.3 Å². The first-order valence-corrected chi connectivity index (χ1v) is 8.85. The molecule has 140 valence electrons. The minimum Gasteiger partial charge on any atom is -0.485 e. The minimum absolute atomic E-state index is 0.0724. The van der Waals surface area contributed by atoms with E-state index in [0.717, 1.165) is 5.69 Å². The third-order valence-corrected chi connectivity index (χ3v) is 4.66. The maximum Gasteiger partial charge on any atom is 0.354 e. The quantitative estimate of drug-likeness (QED) is 0.548. The van der Waals surface area contributed by atoms with Crippen LogP contribution in [0.25, 0.3) is 0 Å². The lowest BCUT2D eigenvalue weighted by atomic mass is 10.0. The number of ether oxygens (including phenoxy) is 2. The van der Waals surface area contributed by atoms with Crippen molar-refractivity contribution in [2.45, 2.75) is 47.1 Å². The van der Waals surface area contributed by atoms with E-state index in [4.69, 9.17) is 9.47 Å². The van der Waals surface area contributed by atoms with Crippen LogP contribution in [-0.2, 0) is 11.3 Å². The molecule has 0 radical (unpaired) electrons. The molecular weight excluding hydrogens is 330 g/mol. The Morgan fingerprint density at radius 1 is 1.12 bits per heavy atom. The van der Waals surface area contributed by atoms with Crippen molar-refractivity contribution in [2.24, 2.45) is 0 Å². The van der Waals surface area contributed by atoms with Gasteiger partial charge in [0.1, 0.15) is 11.4 Å². The van der Waals surface area contributed by atoms with Crippen molar-refractivity contribution in [1.29, 1.82) is 0 Å². The Labute approximate surface area is 154 Å². The van der Waals surface area contributed by atoms with Crippen molar-refractivity contribution < 1.29 is 19.1 Å². The van der Waals surface area contributed by atoms with Crippen molar-refractivity contribution in [3.63, 3.8) is 0 Å². The van der Waals surface area contributed by atoms with Gasteiger partial charge in [-0.3, -0.25) is 4.79 Å². The van der Waals surface area contributed by atoms with Gasteiger partial charge in [0.05, 0.1) is 7.11 Å². The maximum absolute atomic E-state index is 12.7. The van der Waals surface area contributed by atoms with Gasteiger partial charge in [-0.15, -0.1) is 0 Å². The van der Waals surface area contributed by atoms with Gasteiger partial charge in [-0.2, -0.15) is 0 Å². The molecule has 0 saturated carbocycles. The highest BCUT2D eigenvalue weighted by Gasteiger charge is 2.26. The summed E-state index contributed by atoms with van der Waals surface area (Å²) in [4.78, 5) is 24.8. The summed E-state index contributed by atoms with van der Waals surface area (Å²) in [5.41, 5.74) is 3.58. The van der Waals surface area contributed by atoms with E-state index < -0.39 is 5.97 Å². The average Bonchev–Trinajstić information content (AvgIpc) is 2.89. The summed E-state index contributed by atoms with van der Waals surface area (Å²) in [6.07, 6.45) is 0. The largest absolute Gasteiger partial charge is 0.485 e. The minimum atomic E-state index is -0.434. The number of aromatic nitrogens is 1. The number of carbonyl (C=O) groups excluding carboxylic acids is 2. The molecule has 1 heterocycles. The molecule has 1 aromatic heterocycles. The van der Waals surface area contributed by atoms with Crippen molar-refractivity contribution >= 4 is 11.8 Å². The molecule has 0 unspecified atom stereocenters. The third-order valence-electron chi connectivity index (χ3n) is 4.66. The van der Waals surface area contributed by atoms with E-state index in [-0.39, 0.29) is 12.4 Å². The number of Topliss-reactive ketones (excluding diaryl/α,β-unsaturated/α-hetero) is 1. The van der Waals surface area contributed by atoms with Crippen LogP contribution >= 0.6 is 0 Å². The molecule has 0 fully saturated rings. The molecule has 0 bridgehead atoms. The zero-order chi connectivity index (χ0) is 19.4. The number of ketones is 1. The van der Waals surface area contributed by atoms with Crippen molar-refractivity contribution in [3.8, 4) is 5.75 Å². The van der Waals surface area contributed by atoms with Gasteiger partial charge >= 0.3 is 5.97 Å². The van der Waals surface area contributed by atoms with Crippen LogP contribution in [0.1, 0.15) is 64.4 Å². The topological polar surface area (TPSA) is 57.5 Å². The first-order chi connectivity index (χ1) is 12.3. The highest BCUT2D eigenvalue weighted by atomic mass is 16.5. The molecule has 26 heavy (non-hydrogen) atoms. The summed E-state index contributed by atoms with van der Waals surface area (Å²) in [5.74, 6) is 0.518. The van der Waals surface area contributed by atoms with Gasteiger partial charge in [0.25, 0.3) is 0 Å². The summed E-state index contributed by atoms with van der Waals surface area (Å²) >= 11 is 0. The van der Waals surface area contributed by atoms with Gasteiger partial charge in [0.15, 0.2) is 6.61 Å². The van der Waals surface area contributed by atoms with E-state index in [1.54, 1.807) is 6.92 Å². The smallest absolute Gasteiger partial charge is 0.354 e. The van der Waals surface area contributed by atoms with E-state index >= 15 is 0 Å². The van der Waals surface area contributed by atoms with Crippen LogP contribution in [0.2, 0.25) is 0 Å². The lowest BCUT2D eigenvalue weighted by molar-refractivity contribution is 0.0587. The van der Waals surface area contributed by atoms with Gasteiger partial charge in [-0.05, 0) is 49.9 Å². The second-order valence-electron chi connectivity index (χ2n) is 6.61. The lowest BCUT2D eigenvalue weighted by Gasteiger charge is -2.09. The molecule has 0 aliphatic carbocycles. The Morgan fingerprint density at radius 3 is 2.23 bits per heavy atom. The number of rotatable bonds is 7. The van der Waals surface area contributed by atoms with Crippen LogP contribution in [-0.4, -0.2) is 30.0 Å². The van der Waals surface area contributed by atoms with Crippen LogP contribution in [0.3, 0.4) is 0 Å². The molecule has 0 saturated heterocycles. The Bertz CT molecular complexity index is 800. The SMILES string of the molecule is CCn1c(C)c(C(=O)COc2ccc(C(C)C)cc2)c(C)c1C(=O)OC. The van der Waals surface area contributed by atoms with Crippen molar-refractivity contribution in [3.05, 3.63) is 52.3 Å². The number of esters is 1. The van der Waals surface area contributed by atoms with E-state index in [1.807, 2.05) is 42.7 Å². The fourth-order valence-corrected chi connectivity index (χ4v) is 3.23. The zero-order valence-electron chi connectivity index (χ0n) is 16.4. The molecular formula is C21H27NO4. The van der Waals surface area contributed by atoms with Crippen LogP contribution in [0, 0.1) is 13.8 Å². The molecule has 0 N–H and O–H groups in total. The number of carbonyl (C=O) groups is 2. The fraction of sp³-hybridized carbons (Fsp3) is 0.429. The molecule has 1 aromatic carbocycles. The average molecular weight is 357 g/mol. The molecule has 0 aliphatic rings. The molecule has 0 spiro atoms. The predicted octanol–water partition coefficient (Wildman–Crippen LogP) is 4.30. The van der Waals surface area contributed by atoms with Crippen LogP contribution < -0.4 is 4.74 Å². The highest BCUT2D eigenvalue weighted by Crippen LogP contribution is 2.24. The van der Waals surface area contributed by atoms with Gasteiger partial charge < -0.3 is 14.0 Å². The number of hydrogen-bond acceptors (Lipinski definition) is 4. The third kappa shape index (κ3) is 3.82. The Kier molecular flexibility index (Phi) is 6.24. The zero-order valence-corrected chi connectivity index (χ0v) is 16.4. The summed E-state index contributed by atoms with van der Waals surface area (Å²) in [6.45, 7) is 10.3. The molecule has 5 heteroatoms. The fourth-order valence-electron chi connectivity index (χ4n) is 3.23. The van der Waals surface area contributed by atoms with Gasteiger partial charge in [-0.25, -0.2) is 4.79 Å². The van der Waals surface area contributed by atoms with E-state index in [9.17, 15) is 9.59 Å². The number of methoxy groups -OCH3 is 1. The van der Waals surface area contributed by atoms with E-state index in [1.165, 1.54) is 12.7 Å². The predicted molar refractivity (Wildman–Crippen MR) is 101 cm³/mol. The van der Waals surface area contributed by atoms with Gasteiger partial charge in [0, 0.05) is 17.8 Å². The maximum atomic E-state index is 12.7. The summed E-state index contributed by atoms with van der Waals surface area (Å²) in [7, 11) is 1.34. The molecule has 0 aliphatic heterocycles. The van der Waals surface area contributed by atoms with Gasteiger partial charge in [0.2, 0.25) is 5.78 Å². The summed E-state index contributed by atoms with van der Waals surface area (Å²) in [5, 5.41) is 0. The lowest BCUT2D eigenvalue weighted by Crippen LogP contribution is -2.13. The normalized spacial score (nSPS) is 10.9. The van der Waals surface area contributed by atoms with Gasteiger partial charge in [-0.1, -0.05) is 26.0 Å². The Balaban J connectivity index is 2.22. The first-order valence-electron chi connectivity index (χ1n) is 8.85. The number of benzene rings is 1. The molecule has 0 amide bonds. The number of hydrogen-bond donors (Lipinski definition) is 0. The van der Waals surface area contributed by atoms with Crippen LogP contribution in [0.5, 0.6) is 5.75 Å². The van der Waals surface area contributed by atoms with Crippen LogP contribution in [0.4, 0.5) is 0 Å². The summed E-state index contributed by atoms with van der Waals surface area (Å²) < 4.78 is 12.3. The van der Waals surface area contributed by atoms with Crippen molar-refractivity contribution in [1.82, 2.24) is 4.57 Å². The second-order valence-corrected chi connectivity index (χ2v) is 6.61. The monoisotopic (exact) mass is 357 g/mol. The molecule has 0 atom stereocenters. The molecule has 5 nitrogen and oxygen atoms in total. The summed E-state index contributed by atoms with van der Waals surface area (Å²) in [6, 6.07) is 7.76. The van der Waals surface area contributed by atoms with Crippen molar-refractivity contribution in [2.75, 3.05) is 13.7 Å². The molecule has 2 aromatic rings. The number of nitrogens with zero attached hydrogens (tertiary/aromatic N) is 1. The highest BCUT2D eigenvalue weighted by molar-refractivity contribution is 6.03. The standard InChI is InChI=1S/C21H27NO4/c1-7-22-15(5)19(14(4)20(22)21(24)25-6)18(23)12-26-17-10-8-16(9-11-17)13(2)3/h8-11,13H,7,12H2,1-6H3. The molecule has 2 rings (SSSR count). The first kappa shape index (κ1) is 19.8. The second kappa shape index (κ2) is 8.21.